The van der Waals surface area contributed by atoms with Crippen molar-refractivity contribution < 1.29 is 19.1 Å². The summed E-state index contributed by atoms with van der Waals surface area (Å²) in [6.07, 6.45) is 4.82. The van der Waals surface area contributed by atoms with Crippen LogP contribution >= 0.6 is 0 Å². The molecule has 0 bridgehead atoms. The van der Waals surface area contributed by atoms with E-state index in [9.17, 15) is 9.59 Å². The van der Waals surface area contributed by atoms with E-state index in [-0.39, 0.29) is 17.5 Å². The number of nitrogens with one attached hydrogen (secondary N) is 1. The topological polar surface area (TPSA) is 67.9 Å². The van der Waals surface area contributed by atoms with Gasteiger partial charge in [0.1, 0.15) is 5.70 Å². The molecule has 0 aliphatic rings. The van der Waals surface area contributed by atoms with E-state index in [0.29, 0.717) is 30.2 Å². The third kappa shape index (κ3) is 5.84. The summed E-state index contributed by atoms with van der Waals surface area (Å²) in [7, 11) is 3.07. The number of carbonyl (C=O) groups is 2. The number of nitrogens with zero attached hydrogens (tertiary/aromatic N) is 1. The van der Waals surface area contributed by atoms with Crippen LogP contribution in [0.5, 0.6) is 11.5 Å². The number of hydrogen-bond acceptors (Lipinski definition) is 4. The van der Waals surface area contributed by atoms with Crippen LogP contribution < -0.4 is 14.8 Å². The van der Waals surface area contributed by atoms with Gasteiger partial charge in [-0.3, -0.25) is 9.59 Å². The second-order valence-corrected chi connectivity index (χ2v) is 5.14. The van der Waals surface area contributed by atoms with Crippen molar-refractivity contribution in [3.8, 4) is 11.5 Å². The van der Waals surface area contributed by atoms with Crippen molar-refractivity contribution in [3.63, 3.8) is 0 Å². The average molecular weight is 344 g/mol. The number of benzene rings is 1. The lowest BCUT2D eigenvalue weighted by Crippen LogP contribution is -2.38. The van der Waals surface area contributed by atoms with Crippen LogP contribution in [0.2, 0.25) is 0 Å². The Morgan fingerprint density at radius 3 is 2.20 bits per heavy atom. The highest BCUT2D eigenvalue weighted by Crippen LogP contribution is 2.28. The molecule has 0 aromatic heterocycles. The number of rotatable bonds is 9. The molecule has 0 unspecified atom stereocenters. The highest BCUT2D eigenvalue weighted by atomic mass is 16.5. The third-order valence-corrected chi connectivity index (χ3v) is 3.25. The Hall–Kier alpha value is -3.02. The number of amides is 2. The Labute approximate surface area is 148 Å². The van der Waals surface area contributed by atoms with Gasteiger partial charge in [0, 0.05) is 20.0 Å². The molecule has 1 aromatic rings. The molecule has 2 amide bonds. The van der Waals surface area contributed by atoms with E-state index in [1.54, 1.807) is 43.5 Å². The molecule has 25 heavy (non-hydrogen) atoms. The fraction of sp³-hybridized carbons (Fsp3) is 0.263. The van der Waals surface area contributed by atoms with Crippen LogP contribution in [0.1, 0.15) is 12.5 Å². The predicted octanol–water partition coefficient (Wildman–Crippen LogP) is 2.38. The van der Waals surface area contributed by atoms with Crippen LogP contribution in [0, 0.1) is 0 Å². The molecule has 1 rings (SSSR count). The molecule has 0 saturated carbocycles. The number of methoxy groups -OCH3 is 2. The lowest BCUT2D eigenvalue weighted by atomic mass is 10.1. The smallest absolute Gasteiger partial charge is 0.270 e. The summed E-state index contributed by atoms with van der Waals surface area (Å²) in [4.78, 5) is 25.8. The van der Waals surface area contributed by atoms with Gasteiger partial charge in [-0.1, -0.05) is 18.2 Å². The molecule has 0 spiro atoms. The highest BCUT2D eigenvalue weighted by molar-refractivity contribution is 6.01. The molecular weight excluding hydrogens is 320 g/mol. The lowest BCUT2D eigenvalue weighted by Gasteiger charge is -2.21. The normalized spacial score (nSPS) is 10.6. The van der Waals surface area contributed by atoms with Crippen molar-refractivity contribution in [2.24, 2.45) is 0 Å². The van der Waals surface area contributed by atoms with Crippen LogP contribution in [-0.4, -0.2) is 44.0 Å². The predicted molar refractivity (Wildman–Crippen MR) is 98.3 cm³/mol. The van der Waals surface area contributed by atoms with Crippen molar-refractivity contribution in [1.82, 2.24) is 10.2 Å². The van der Waals surface area contributed by atoms with Crippen LogP contribution in [0.4, 0.5) is 0 Å². The maximum absolute atomic E-state index is 12.7. The monoisotopic (exact) mass is 344 g/mol. The first-order valence-corrected chi connectivity index (χ1v) is 7.69. The van der Waals surface area contributed by atoms with Gasteiger partial charge in [0.05, 0.1) is 14.2 Å². The molecule has 6 nitrogen and oxygen atoms in total. The molecule has 0 heterocycles. The van der Waals surface area contributed by atoms with E-state index in [1.807, 2.05) is 0 Å². The molecule has 0 fully saturated rings. The second kappa shape index (κ2) is 9.97. The molecule has 6 heteroatoms. The van der Waals surface area contributed by atoms with Gasteiger partial charge in [-0.25, -0.2) is 0 Å². The molecule has 0 aliphatic heterocycles. The summed E-state index contributed by atoms with van der Waals surface area (Å²) in [5.74, 6) is 0.439. The Bertz CT molecular complexity index is 670. The minimum atomic E-state index is -0.336. The standard InChI is InChI=1S/C19H24N2O4/c1-6-10-21(11-7-2)19(23)16(20-14(3)22)12-15-8-9-17(24-4)18(13-15)25-5/h6-9,12-13H,1-2,10-11H2,3-5H3,(H,20,22)/b16-12+. The van der Waals surface area contributed by atoms with Crippen LogP contribution in [-0.2, 0) is 9.59 Å². The summed E-state index contributed by atoms with van der Waals surface area (Å²) in [5.41, 5.74) is 0.843. The Morgan fingerprint density at radius 2 is 1.72 bits per heavy atom. The van der Waals surface area contributed by atoms with Gasteiger partial charge in [0.25, 0.3) is 5.91 Å². The lowest BCUT2D eigenvalue weighted by molar-refractivity contribution is -0.128. The van der Waals surface area contributed by atoms with Crippen molar-refractivity contribution >= 4 is 17.9 Å². The van der Waals surface area contributed by atoms with Gasteiger partial charge in [0.2, 0.25) is 5.91 Å². The van der Waals surface area contributed by atoms with Crippen molar-refractivity contribution in [2.45, 2.75) is 6.92 Å². The second-order valence-electron chi connectivity index (χ2n) is 5.14. The minimum absolute atomic E-state index is 0.156. The van der Waals surface area contributed by atoms with Crippen molar-refractivity contribution in [1.29, 1.82) is 0 Å². The number of hydrogen-bond donors (Lipinski definition) is 1. The molecular formula is C19H24N2O4. The zero-order valence-electron chi connectivity index (χ0n) is 14.9. The fourth-order valence-electron chi connectivity index (χ4n) is 2.17. The zero-order chi connectivity index (χ0) is 18.8. The van der Waals surface area contributed by atoms with Crippen molar-refractivity contribution in [3.05, 3.63) is 54.8 Å². The fourth-order valence-corrected chi connectivity index (χ4v) is 2.17. The van der Waals surface area contributed by atoms with E-state index in [0.717, 1.165) is 0 Å². The quantitative estimate of drug-likeness (QED) is 0.552. The van der Waals surface area contributed by atoms with Crippen LogP contribution in [0.15, 0.2) is 49.2 Å². The maximum Gasteiger partial charge on any atom is 0.270 e. The van der Waals surface area contributed by atoms with Crippen LogP contribution in [0.3, 0.4) is 0 Å². The van der Waals surface area contributed by atoms with Gasteiger partial charge >= 0.3 is 0 Å². The molecule has 0 atom stereocenters. The zero-order valence-corrected chi connectivity index (χ0v) is 14.9. The summed E-state index contributed by atoms with van der Waals surface area (Å²) in [6, 6.07) is 5.22. The number of ether oxygens (including phenoxy) is 2. The van der Waals surface area contributed by atoms with E-state index in [4.69, 9.17) is 9.47 Å². The molecule has 134 valence electrons. The first-order valence-electron chi connectivity index (χ1n) is 7.69. The summed E-state index contributed by atoms with van der Waals surface area (Å²) in [5, 5.41) is 2.58. The Morgan fingerprint density at radius 1 is 1.12 bits per heavy atom. The average Bonchev–Trinajstić information content (AvgIpc) is 2.59. The van der Waals surface area contributed by atoms with E-state index in [1.165, 1.54) is 18.9 Å². The van der Waals surface area contributed by atoms with E-state index < -0.39 is 0 Å². The van der Waals surface area contributed by atoms with Gasteiger partial charge in [-0.2, -0.15) is 0 Å². The summed E-state index contributed by atoms with van der Waals surface area (Å²) < 4.78 is 10.5. The first-order chi connectivity index (χ1) is 12.0. The molecule has 0 aliphatic carbocycles. The van der Waals surface area contributed by atoms with E-state index in [2.05, 4.69) is 18.5 Å². The first kappa shape index (κ1) is 20.0. The molecule has 1 N–H and O–H groups in total. The number of carbonyl (C=O) groups excluding carboxylic acids is 2. The maximum atomic E-state index is 12.7. The SMILES string of the molecule is C=CCN(CC=C)C(=O)/C(=C\c1ccc(OC)c(OC)c1)NC(C)=O. The third-order valence-electron chi connectivity index (χ3n) is 3.25. The Balaban J connectivity index is 3.26. The summed E-state index contributed by atoms with van der Waals surface area (Å²) >= 11 is 0. The van der Waals surface area contributed by atoms with Gasteiger partial charge < -0.3 is 19.7 Å². The minimum Gasteiger partial charge on any atom is -0.493 e. The summed E-state index contributed by atoms with van der Waals surface area (Å²) in [6.45, 7) is 9.32. The molecule has 1 aromatic carbocycles. The molecule has 0 saturated heterocycles. The van der Waals surface area contributed by atoms with Crippen LogP contribution in [0.25, 0.3) is 6.08 Å². The van der Waals surface area contributed by atoms with Crippen molar-refractivity contribution in [2.75, 3.05) is 27.3 Å². The largest absolute Gasteiger partial charge is 0.493 e. The highest BCUT2D eigenvalue weighted by Gasteiger charge is 2.18. The van der Waals surface area contributed by atoms with Gasteiger partial charge in [0.15, 0.2) is 11.5 Å². The Kier molecular flexibility index (Phi) is 7.99. The molecule has 0 radical (unpaired) electrons. The van der Waals surface area contributed by atoms with Gasteiger partial charge in [-0.15, -0.1) is 13.2 Å². The van der Waals surface area contributed by atoms with E-state index >= 15 is 0 Å². The van der Waals surface area contributed by atoms with Gasteiger partial charge in [-0.05, 0) is 23.8 Å².